The molecule has 0 saturated carbocycles. The van der Waals surface area contributed by atoms with Crippen molar-refractivity contribution in [2.45, 2.75) is 57.5 Å². The zero-order valence-electron chi connectivity index (χ0n) is 23.2. The Morgan fingerprint density at radius 2 is 1.98 bits per heavy atom. The molecule has 42 heavy (non-hydrogen) atoms. The minimum absolute atomic E-state index is 0.0474. The lowest BCUT2D eigenvalue weighted by Crippen LogP contribution is -2.42. The number of carbonyl (C=O) groups excluding carboxylic acids is 2. The van der Waals surface area contributed by atoms with Crippen molar-refractivity contribution in [2.75, 3.05) is 26.0 Å². The summed E-state index contributed by atoms with van der Waals surface area (Å²) in [6.07, 6.45) is -2.98. The van der Waals surface area contributed by atoms with Gasteiger partial charge in [-0.3, -0.25) is 14.5 Å². The predicted molar refractivity (Wildman–Crippen MR) is 151 cm³/mol. The minimum Gasteiger partial charge on any atom is -0.496 e. The number of hydrogen-bond acceptors (Lipinski definition) is 7. The van der Waals surface area contributed by atoms with Crippen LogP contribution >= 0.6 is 11.6 Å². The van der Waals surface area contributed by atoms with Crippen molar-refractivity contribution in [3.8, 4) is 5.75 Å². The van der Waals surface area contributed by atoms with Crippen LogP contribution in [0, 0.1) is 5.92 Å². The number of nitrogens with two attached hydrogens (primary N) is 1. The van der Waals surface area contributed by atoms with Crippen molar-refractivity contribution < 1.29 is 42.2 Å². The number of alkyl halides is 3. The van der Waals surface area contributed by atoms with Crippen molar-refractivity contribution in [1.82, 2.24) is 4.90 Å². The third kappa shape index (κ3) is 8.85. The Morgan fingerprint density at radius 1 is 1.24 bits per heavy atom. The molecule has 13 heteroatoms. The van der Waals surface area contributed by atoms with Crippen molar-refractivity contribution in [1.29, 1.82) is 0 Å². The van der Waals surface area contributed by atoms with Crippen LogP contribution in [0.4, 0.5) is 18.9 Å². The molecule has 228 valence electrons. The van der Waals surface area contributed by atoms with Gasteiger partial charge in [-0.2, -0.15) is 13.2 Å². The van der Waals surface area contributed by atoms with E-state index in [1.54, 1.807) is 24.3 Å². The van der Waals surface area contributed by atoms with Gasteiger partial charge in [0.25, 0.3) is 0 Å². The van der Waals surface area contributed by atoms with Crippen LogP contribution in [0.25, 0.3) is 0 Å². The Kier molecular flexibility index (Phi) is 11.2. The maximum Gasteiger partial charge on any atom is 0.425 e. The second kappa shape index (κ2) is 14.4. The molecular weight excluding hydrogens is 579 g/mol. The van der Waals surface area contributed by atoms with Gasteiger partial charge in [0.05, 0.1) is 24.9 Å². The number of rotatable bonds is 11. The summed E-state index contributed by atoms with van der Waals surface area (Å²) in [5, 5.41) is 13.4. The molecule has 2 atom stereocenters. The molecule has 9 nitrogen and oxygen atoms in total. The Bertz CT molecular complexity index is 1330. The number of halogens is 4. The lowest BCUT2D eigenvalue weighted by molar-refractivity contribution is -0.174. The second-order valence-corrected chi connectivity index (χ2v) is 10.5. The second-order valence-electron chi connectivity index (χ2n) is 10.1. The van der Waals surface area contributed by atoms with Crippen LogP contribution in [0.2, 0.25) is 5.02 Å². The number of carbonyl (C=O) groups is 3. The lowest BCUT2D eigenvalue weighted by Gasteiger charge is -2.26. The number of nitrogens with zero attached hydrogens (tertiary/aromatic N) is 2. The van der Waals surface area contributed by atoms with Crippen molar-refractivity contribution >= 4 is 40.8 Å². The molecule has 2 amide bonds. The molecule has 1 aliphatic rings. The minimum atomic E-state index is -4.60. The molecule has 1 aliphatic heterocycles. The molecule has 1 fully saturated rings. The molecular formula is C29H33ClF3N3O6. The highest BCUT2D eigenvalue weighted by atomic mass is 35.5. The number of carboxylic acid groups (broad SMARTS) is 1. The van der Waals surface area contributed by atoms with E-state index in [-0.39, 0.29) is 49.2 Å². The maximum absolute atomic E-state index is 13.8. The van der Waals surface area contributed by atoms with Gasteiger partial charge < -0.3 is 20.4 Å². The zero-order valence-corrected chi connectivity index (χ0v) is 24.0. The first-order valence-corrected chi connectivity index (χ1v) is 13.7. The fourth-order valence-electron chi connectivity index (χ4n) is 4.95. The standard InChI is InChI=1S/C29H33ClF3N3O6/c1-3-4-17(18-6-9-23(28(39)40)24(34)13-18)14-26(37)36-15-22(35-42-16-29(31,32)33)8-5-19(27(36)38)11-20-12-21(30)7-10-25(20)41-2/h6-7,9-10,12-13,17,19H,3-5,8,11,14-16,34H2,1-2H3,(H,39,40)/b35-22+/t17-,19?/m0/s1. The molecule has 3 N–H and O–H groups in total. The highest BCUT2D eigenvalue weighted by Gasteiger charge is 2.35. The Balaban J connectivity index is 1.91. The van der Waals surface area contributed by atoms with E-state index in [2.05, 4.69) is 9.99 Å². The van der Waals surface area contributed by atoms with Gasteiger partial charge in [-0.05, 0) is 73.1 Å². The molecule has 1 unspecified atom stereocenters. The van der Waals surface area contributed by atoms with E-state index in [4.69, 9.17) is 22.1 Å². The Labute approximate surface area is 246 Å². The average Bonchev–Trinajstić information content (AvgIpc) is 3.06. The summed E-state index contributed by atoms with van der Waals surface area (Å²) in [7, 11) is 1.48. The van der Waals surface area contributed by atoms with Gasteiger partial charge in [0.2, 0.25) is 18.4 Å². The number of oxime groups is 1. The van der Waals surface area contributed by atoms with Crippen LogP contribution in [0.1, 0.15) is 66.4 Å². The molecule has 0 radical (unpaired) electrons. The molecule has 1 heterocycles. The highest BCUT2D eigenvalue weighted by molar-refractivity contribution is 6.30. The summed E-state index contributed by atoms with van der Waals surface area (Å²) in [6.45, 7) is -0.00773. The third-order valence-corrected chi connectivity index (χ3v) is 7.24. The summed E-state index contributed by atoms with van der Waals surface area (Å²) in [5.41, 5.74) is 7.32. The summed E-state index contributed by atoms with van der Waals surface area (Å²) in [6, 6.07) is 9.43. The number of hydrogen-bond donors (Lipinski definition) is 2. The number of nitrogen functional groups attached to an aromatic ring is 1. The highest BCUT2D eigenvalue weighted by Crippen LogP contribution is 2.32. The van der Waals surface area contributed by atoms with E-state index in [0.29, 0.717) is 34.7 Å². The quantitative estimate of drug-likeness (QED) is 0.241. The number of aromatic carboxylic acids is 1. The van der Waals surface area contributed by atoms with Gasteiger partial charge in [-0.25, -0.2) is 4.79 Å². The largest absolute Gasteiger partial charge is 0.496 e. The van der Waals surface area contributed by atoms with E-state index >= 15 is 0 Å². The molecule has 3 rings (SSSR count). The van der Waals surface area contributed by atoms with Crippen molar-refractivity contribution in [3.63, 3.8) is 0 Å². The number of methoxy groups -OCH3 is 1. The topological polar surface area (TPSA) is 132 Å². The fraction of sp³-hybridized carbons (Fsp3) is 0.448. The maximum atomic E-state index is 13.8. The Hall–Kier alpha value is -3.80. The van der Waals surface area contributed by atoms with E-state index in [1.807, 2.05) is 6.92 Å². The number of carboxylic acids is 1. The van der Waals surface area contributed by atoms with E-state index < -0.39 is 42.4 Å². The van der Waals surface area contributed by atoms with Crippen LogP contribution in [0.3, 0.4) is 0 Å². The van der Waals surface area contributed by atoms with Crippen LogP contribution in [0.5, 0.6) is 5.75 Å². The van der Waals surface area contributed by atoms with Crippen molar-refractivity contribution in [3.05, 3.63) is 58.1 Å². The molecule has 0 spiro atoms. The molecule has 2 aromatic carbocycles. The number of imide groups is 1. The van der Waals surface area contributed by atoms with Gasteiger partial charge in [0, 0.05) is 23.0 Å². The van der Waals surface area contributed by atoms with Gasteiger partial charge in [0.15, 0.2) is 0 Å². The summed E-state index contributed by atoms with van der Waals surface area (Å²) < 4.78 is 43.4. The Morgan fingerprint density at radius 3 is 2.60 bits per heavy atom. The number of ether oxygens (including phenoxy) is 1. The molecule has 2 aromatic rings. The van der Waals surface area contributed by atoms with E-state index in [0.717, 1.165) is 4.90 Å². The van der Waals surface area contributed by atoms with Gasteiger partial charge in [0.1, 0.15) is 5.75 Å². The molecule has 1 saturated heterocycles. The first-order valence-electron chi connectivity index (χ1n) is 13.4. The third-order valence-electron chi connectivity index (χ3n) is 7.00. The van der Waals surface area contributed by atoms with E-state index in [9.17, 15) is 32.7 Å². The van der Waals surface area contributed by atoms with Gasteiger partial charge in [-0.1, -0.05) is 36.2 Å². The van der Waals surface area contributed by atoms with Crippen LogP contribution in [-0.2, 0) is 20.8 Å². The number of likely N-dealkylation sites (tertiary alicyclic amines) is 1. The number of amides is 2. The normalized spacial score (nSPS) is 17.6. The number of anilines is 1. The van der Waals surface area contributed by atoms with Gasteiger partial charge in [-0.15, -0.1) is 0 Å². The summed E-state index contributed by atoms with van der Waals surface area (Å²) in [4.78, 5) is 44.4. The lowest BCUT2D eigenvalue weighted by atomic mass is 9.89. The van der Waals surface area contributed by atoms with Crippen LogP contribution in [-0.4, -0.2) is 59.9 Å². The van der Waals surface area contributed by atoms with Crippen molar-refractivity contribution in [2.24, 2.45) is 11.1 Å². The number of benzene rings is 2. The summed E-state index contributed by atoms with van der Waals surface area (Å²) >= 11 is 6.17. The molecule has 0 aromatic heterocycles. The summed E-state index contributed by atoms with van der Waals surface area (Å²) in [5.74, 6) is -2.84. The van der Waals surface area contributed by atoms with E-state index in [1.165, 1.54) is 19.2 Å². The predicted octanol–water partition coefficient (Wildman–Crippen LogP) is 5.85. The van der Waals surface area contributed by atoms with Gasteiger partial charge >= 0.3 is 12.1 Å². The van der Waals surface area contributed by atoms with Crippen LogP contribution < -0.4 is 10.5 Å². The monoisotopic (exact) mass is 611 g/mol. The SMILES string of the molecule is CCC[C@@H](CC(=O)N1C/C(=N/OCC(F)(F)F)CCC(Cc2cc(Cl)ccc2OC)C1=O)c1ccc(C(=O)O)c(N)c1. The average molecular weight is 612 g/mol. The first kappa shape index (κ1) is 32.7. The molecule has 0 aliphatic carbocycles. The zero-order chi connectivity index (χ0) is 31.0. The fourth-order valence-corrected chi connectivity index (χ4v) is 5.15. The molecule has 0 bridgehead atoms. The van der Waals surface area contributed by atoms with Crippen LogP contribution in [0.15, 0.2) is 41.6 Å². The smallest absolute Gasteiger partial charge is 0.425 e. The first-order chi connectivity index (χ1) is 19.8.